The highest BCUT2D eigenvalue weighted by atomic mass is 35.5. The number of ketones is 1. The van der Waals surface area contributed by atoms with Crippen molar-refractivity contribution in [3.63, 3.8) is 0 Å². The van der Waals surface area contributed by atoms with Crippen LogP contribution in [0, 0.1) is 0 Å². The molecule has 1 amide bonds. The number of Topliss-reactive ketones (excluding diaryl/α,β-unsaturated/α-hetero) is 1. The molecule has 1 aromatic carbocycles. The van der Waals surface area contributed by atoms with Crippen molar-refractivity contribution in [2.75, 3.05) is 13.2 Å². The Morgan fingerprint density at radius 3 is 2.45 bits per heavy atom. The number of amides is 1. The summed E-state index contributed by atoms with van der Waals surface area (Å²) in [5, 5.41) is 2.78. The van der Waals surface area contributed by atoms with Gasteiger partial charge in [0.05, 0.1) is 0 Å². The second kappa shape index (κ2) is 9.43. The first kappa shape index (κ1) is 20.4. The second-order valence-corrected chi connectivity index (χ2v) is 5.22. The molecule has 0 unspecified atom stereocenters. The lowest BCUT2D eigenvalue weighted by Crippen LogP contribution is -2.50. The zero-order valence-corrected chi connectivity index (χ0v) is 14.2. The van der Waals surface area contributed by atoms with Gasteiger partial charge in [0.15, 0.2) is 12.4 Å². The number of carbonyl (C=O) groups excluding carboxylic acids is 2. The lowest BCUT2D eigenvalue weighted by molar-refractivity contribution is -0.123. The van der Waals surface area contributed by atoms with Gasteiger partial charge in [0.1, 0.15) is 5.75 Å². The van der Waals surface area contributed by atoms with Crippen molar-refractivity contribution < 1.29 is 14.3 Å². The summed E-state index contributed by atoms with van der Waals surface area (Å²) in [7, 11) is 0. The molecule has 0 radical (unpaired) electrons. The van der Waals surface area contributed by atoms with E-state index in [0.717, 1.165) is 12.8 Å². The third kappa shape index (κ3) is 6.45. The number of ether oxygens (including phenoxy) is 1. The summed E-state index contributed by atoms with van der Waals surface area (Å²) in [4.78, 5) is 23.0. The van der Waals surface area contributed by atoms with Crippen molar-refractivity contribution >= 4 is 24.1 Å². The molecule has 0 aromatic heterocycles. The average Bonchev–Trinajstić information content (AvgIpc) is 2.50. The van der Waals surface area contributed by atoms with E-state index < -0.39 is 0 Å². The fraction of sp³-hybridized carbons (Fsp3) is 0.500. The number of halogens is 1. The standard InChI is InChI=1S/C16H24N2O3.ClH/c1-4-16(17,5-2)11-18-15(20)10-21-14-8-6-7-13(9-14)12(3)19;/h6-9H,4-5,10-11,17H2,1-3H3,(H,18,20);1H. The number of carbonyl (C=O) groups is 2. The molecule has 0 bridgehead atoms. The molecule has 0 fully saturated rings. The molecule has 5 nitrogen and oxygen atoms in total. The fourth-order valence-corrected chi connectivity index (χ4v) is 1.78. The molecule has 0 aliphatic heterocycles. The van der Waals surface area contributed by atoms with E-state index in [1.807, 2.05) is 13.8 Å². The van der Waals surface area contributed by atoms with Crippen LogP contribution in [0.15, 0.2) is 24.3 Å². The Labute approximate surface area is 138 Å². The number of hydrogen-bond acceptors (Lipinski definition) is 4. The van der Waals surface area contributed by atoms with Crippen LogP contribution in [0.5, 0.6) is 5.75 Å². The van der Waals surface area contributed by atoms with Crippen LogP contribution in [0.3, 0.4) is 0 Å². The molecule has 1 aromatic rings. The highest BCUT2D eigenvalue weighted by molar-refractivity contribution is 5.94. The Morgan fingerprint density at radius 2 is 1.91 bits per heavy atom. The van der Waals surface area contributed by atoms with E-state index in [-0.39, 0.29) is 36.2 Å². The van der Waals surface area contributed by atoms with Gasteiger partial charge in [-0.25, -0.2) is 0 Å². The fourth-order valence-electron chi connectivity index (χ4n) is 1.78. The van der Waals surface area contributed by atoms with Gasteiger partial charge in [-0.1, -0.05) is 26.0 Å². The van der Waals surface area contributed by atoms with Crippen LogP contribution in [-0.2, 0) is 4.79 Å². The zero-order chi connectivity index (χ0) is 15.9. The van der Waals surface area contributed by atoms with E-state index in [1.54, 1.807) is 24.3 Å². The molecule has 0 heterocycles. The summed E-state index contributed by atoms with van der Waals surface area (Å²) in [6, 6.07) is 6.77. The number of nitrogens with two attached hydrogens (primary N) is 1. The van der Waals surface area contributed by atoms with Crippen LogP contribution in [0.1, 0.15) is 44.0 Å². The summed E-state index contributed by atoms with van der Waals surface area (Å²) in [5.41, 5.74) is 6.30. The molecule has 0 saturated carbocycles. The summed E-state index contributed by atoms with van der Waals surface area (Å²) in [6.45, 7) is 5.82. The van der Waals surface area contributed by atoms with Crippen molar-refractivity contribution in [1.82, 2.24) is 5.32 Å². The molecule has 0 saturated heterocycles. The molecule has 0 aliphatic rings. The first-order valence-electron chi connectivity index (χ1n) is 7.19. The van der Waals surface area contributed by atoms with E-state index >= 15 is 0 Å². The molecule has 124 valence electrons. The Balaban J connectivity index is 0.00000441. The summed E-state index contributed by atoms with van der Waals surface area (Å²) in [6.07, 6.45) is 1.59. The van der Waals surface area contributed by atoms with E-state index in [1.165, 1.54) is 6.92 Å². The molecule has 1 rings (SSSR count). The smallest absolute Gasteiger partial charge is 0.258 e. The molecule has 0 spiro atoms. The molecule has 22 heavy (non-hydrogen) atoms. The van der Waals surface area contributed by atoms with Crippen LogP contribution in [0.2, 0.25) is 0 Å². The van der Waals surface area contributed by atoms with Gasteiger partial charge in [-0.2, -0.15) is 0 Å². The van der Waals surface area contributed by atoms with Crippen LogP contribution in [0.4, 0.5) is 0 Å². The average molecular weight is 329 g/mol. The van der Waals surface area contributed by atoms with E-state index in [4.69, 9.17) is 10.5 Å². The number of hydrogen-bond donors (Lipinski definition) is 2. The van der Waals surface area contributed by atoms with Crippen LogP contribution >= 0.6 is 12.4 Å². The Bertz CT molecular complexity index is 502. The van der Waals surface area contributed by atoms with Crippen molar-refractivity contribution in [3.05, 3.63) is 29.8 Å². The zero-order valence-electron chi connectivity index (χ0n) is 13.3. The number of benzene rings is 1. The normalized spacial score (nSPS) is 10.5. The minimum absolute atomic E-state index is 0. The molecule has 0 aliphatic carbocycles. The van der Waals surface area contributed by atoms with Crippen LogP contribution in [0.25, 0.3) is 0 Å². The van der Waals surface area contributed by atoms with Gasteiger partial charge in [-0.15, -0.1) is 12.4 Å². The summed E-state index contributed by atoms with van der Waals surface area (Å²) >= 11 is 0. The van der Waals surface area contributed by atoms with Crippen molar-refractivity contribution in [2.45, 2.75) is 39.2 Å². The number of rotatable bonds is 8. The summed E-state index contributed by atoms with van der Waals surface area (Å²) in [5.74, 6) is 0.242. The van der Waals surface area contributed by atoms with Gasteiger partial charge in [0.25, 0.3) is 5.91 Å². The third-order valence-corrected chi connectivity index (χ3v) is 3.66. The van der Waals surface area contributed by atoms with E-state index in [2.05, 4.69) is 5.32 Å². The highest BCUT2D eigenvalue weighted by Crippen LogP contribution is 2.13. The second-order valence-electron chi connectivity index (χ2n) is 5.22. The predicted molar refractivity (Wildman–Crippen MR) is 89.7 cm³/mol. The molecular formula is C16H25ClN2O3. The van der Waals surface area contributed by atoms with E-state index in [9.17, 15) is 9.59 Å². The minimum atomic E-state index is -0.371. The minimum Gasteiger partial charge on any atom is -0.484 e. The lowest BCUT2D eigenvalue weighted by atomic mass is 9.94. The maximum Gasteiger partial charge on any atom is 0.258 e. The number of nitrogens with one attached hydrogen (secondary N) is 1. The van der Waals surface area contributed by atoms with Gasteiger partial charge in [0.2, 0.25) is 0 Å². The van der Waals surface area contributed by atoms with Gasteiger partial charge in [0, 0.05) is 17.6 Å². The monoisotopic (exact) mass is 328 g/mol. The molecule has 0 atom stereocenters. The maximum atomic E-state index is 11.8. The van der Waals surface area contributed by atoms with Crippen molar-refractivity contribution in [3.8, 4) is 5.75 Å². The van der Waals surface area contributed by atoms with Gasteiger partial charge in [-0.05, 0) is 31.9 Å². The quantitative estimate of drug-likeness (QED) is 0.718. The van der Waals surface area contributed by atoms with E-state index in [0.29, 0.717) is 17.9 Å². The first-order valence-corrected chi connectivity index (χ1v) is 7.19. The van der Waals surface area contributed by atoms with Crippen molar-refractivity contribution in [2.24, 2.45) is 5.73 Å². The largest absolute Gasteiger partial charge is 0.484 e. The maximum absolute atomic E-state index is 11.8. The van der Waals surface area contributed by atoms with Gasteiger partial charge < -0.3 is 15.8 Å². The van der Waals surface area contributed by atoms with Crippen LogP contribution < -0.4 is 15.8 Å². The third-order valence-electron chi connectivity index (χ3n) is 3.66. The Morgan fingerprint density at radius 1 is 1.27 bits per heavy atom. The SMILES string of the molecule is CCC(N)(CC)CNC(=O)COc1cccc(C(C)=O)c1.Cl. The first-order chi connectivity index (χ1) is 9.90. The Hall–Kier alpha value is -1.59. The summed E-state index contributed by atoms with van der Waals surface area (Å²) < 4.78 is 5.39. The molecule has 6 heteroatoms. The molecule has 3 N–H and O–H groups in total. The van der Waals surface area contributed by atoms with Crippen molar-refractivity contribution in [1.29, 1.82) is 0 Å². The predicted octanol–water partition coefficient (Wildman–Crippen LogP) is 2.32. The lowest BCUT2D eigenvalue weighted by Gasteiger charge is -2.26. The van der Waals surface area contributed by atoms with Gasteiger partial charge >= 0.3 is 0 Å². The highest BCUT2D eigenvalue weighted by Gasteiger charge is 2.20. The Kier molecular flexibility index (Phi) is 8.75. The van der Waals surface area contributed by atoms with Gasteiger partial charge in [-0.3, -0.25) is 9.59 Å². The topological polar surface area (TPSA) is 81.4 Å². The molecular weight excluding hydrogens is 304 g/mol. The van der Waals surface area contributed by atoms with Crippen LogP contribution in [-0.4, -0.2) is 30.4 Å².